The summed E-state index contributed by atoms with van der Waals surface area (Å²) in [7, 11) is 1.39. The number of rotatable bonds is 9. The smallest absolute Gasteiger partial charge is 0.335 e. The number of aromatic nitrogens is 3. The van der Waals surface area contributed by atoms with Crippen molar-refractivity contribution < 1.29 is 28.1 Å². The standard InChI is InChI=1S/C33H25ClFN5O7/c1-39-18-22(32(42)40(33(39)43)20-6-4-19(35)5-7-20)31(41)38-24-9-8-21(16-23(24)34)47-26-10-12-37-25-17-27(44-13-3-2-11-36)29-30(28(25)26)46-15-14-45-29/h4-10,12,16-18H,2-3,13-15H2,1H3,(H,38,41). The fraction of sp³-hybridized carbons (Fsp3) is 0.182. The molecule has 0 spiro atoms. The number of anilines is 1. The molecule has 2 aromatic heterocycles. The van der Waals surface area contributed by atoms with E-state index >= 15 is 0 Å². The number of carbonyl (C=O) groups excluding carboxylic acids is 1. The lowest BCUT2D eigenvalue weighted by Gasteiger charge is -2.23. The monoisotopic (exact) mass is 657 g/mol. The number of aryl methyl sites for hydroxylation is 1. The highest BCUT2D eigenvalue weighted by atomic mass is 35.5. The number of pyridine rings is 1. The number of nitriles is 1. The van der Waals surface area contributed by atoms with Gasteiger partial charge in [-0.25, -0.2) is 13.8 Å². The Morgan fingerprint density at radius 3 is 2.60 bits per heavy atom. The van der Waals surface area contributed by atoms with Crippen LogP contribution in [0.5, 0.6) is 28.7 Å². The fourth-order valence-electron chi connectivity index (χ4n) is 4.92. The maximum atomic E-state index is 13.4. The third kappa shape index (κ3) is 6.31. The number of hydrogen-bond acceptors (Lipinski definition) is 9. The molecule has 1 aliphatic rings. The van der Waals surface area contributed by atoms with Crippen molar-refractivity contribution >= 4 is 34.1 Å². The highest BCUT2D eigenvalue weighted by Gasteiger charge is 2.25. The van der Waals surface area contributed by atoms with Crippen molar-refractivity contribution in [2.45, 2.75) is 12.8 Å². The number of unbranched alkanes of at least 4 members (excludes halogenated alkanes) is 1. The first-order chi connectivity index (χ1) is 22.7. The first-order valence-electron chi connectivity index (χ1n) is 14.3. The Labute approximate surface area is 271 Å². The van der Waals surface area contributed by atoms with E-state index in [1.807, 2.05) is 0 Å². The summed E-state index contributed by atoms with van der Waals surface area (Å²) in [5.41, 5.74) is -1.12. The van der Waals surface area contributed by atoms with Crippen molar-refractivity contribution in [2.75, 3.05) is 25.1 Å². The molecule has 0 radical (unpaired) electrons. The van der Waals surface area contributed by atoms with E-state index in [9.17, 15) is 18.8 Å². The van der Waals surface area contributed by atoms with Crippen LogP contribution in [0.15, 0.2) is 76.6 Å². The van der Waals surface area contributed by atoms with Crippen molar-refractivity contribution in [3.63, 3.8) is 0 Å². The second-order valence-corrected chi connectivity index (χ2v) is 10.7. The van der Waals surface area contributed by atoms with E-state index in [1.165, 1.54) is 31.3 Å². The number of fused-ring (bicyclic) bond motifs is 3. The summed E-state index contributed by atoms with van der Waals surface area (Å²) in [5, 5.41) is 12.1. The van der Waals surface area contributed by atoms with Crippen LogP contribution >= 0.6 is 11.6 Å². The van der Waals surface area contributed by atoms with Crippen LogP contribution in [0.2, 0.25) is 5.02 Å². The zero-order valence-electron chi connectivity index (χ0n) is 24.8. The van der Waals surface area contributed by atoms with Gasteiger partial charge in [-0.3, -0.25) is 14.6 Å². The Morgan fingerprint density at radius 1 is 1.09 bits per heavy atom. The van der Waals surface area contributed by atoms with E-state index in [0.717, 1.165) is 27.5 Å². The van der Waals surface area contributed by atoms with E-state index in [2.05, 4.69) is 16.4 Å². The Balaban J connectivity index is 1.26. The third-order valence-electron chi connectivity index (χ3n) is 7.13. The van der Waals surface area contributed by atoms with Gasteiger partial charge in [-0.15, -0.1) is 0 Å². The molecule has 6 rings (SSSR count). The average Bonchev–Trinajstić information content (AvgIpc) is 3.07. The second kappa shape index (κ2) is 13.2. The maximum Gasteiger partial charge on any atom is 0.335 e. The van der Waals surface area contributed by atoms with E-state index in [1.54, 1.807) is 24.4 Å². The molecule has 3 aromatic carbocycles. The number of carbonyl (C=O) groups is 1. The fourth-order valence-corrected chi connectivity index (χ4v) is 5.14. The molecule has 0 saturated heterocycles. The Morgan fingerprint density at radius 2 is 1.85 bits per heavy atom. The summed E-state index contributed by atoms with van der Waals surface area (Å²) >= 11 is 6.53. The number of nitrogens with one attached hydrogen (secondary N) is 1. The SMILES string of the molecule is Cn1cc(C(=O)Nc2ccc(Oc3ccnc4cc(OCCCC#N)c5c(c34)OCCO5)cc2Cl)c(=O)n(-c2ccc(F)cc2)c1=O. The summed E-state index contributed by atoms with van der Waals surface area (Å²) in [4.78, 5) is 43.6. The van der Waals surface area contributed by atoms with Crippen LogP contribution in [0.3, 0.4) is 0 Å². The van der Waals surface area contributed by atoms with Crippen molar-refractivity contribution in [1.29, 1.82) is 5.26 Å². The molecule has 238 valence electrons. The molecule has 0 bridgehead atoms. The van der Waals surface area contributed by atoms with Gasteiger partial charge in [-0.05, 0) is 48.9 Å². The molecule has 1 aliphatic heterocycles. The average molecular weight is 658 g/mol. The number of hydrogen-bond donors (Lipinski definition) is 1. The summed E-state index contributed by atoms with van der Waals surface area (Å²) < 4.78 is 39.2. The van der Waals surface area contributed by atoms with E-state index in [-0.39, 0.29) is 22.0 Å². The predicted molar refractivity (Wildman–Crippen MR) is 170 cm³/mol. The molecule has 12 nitrogen and oxygen atoms in total. The largest absolute Gasteiger partial charge is 0.489 e. The Bertz CT molecular complexity index is 2180. The van der Waals surface area contributed by atoms with E-state index < -0.39 is 23.0 Å². The van der Waals surface area contributed by atoms with Crippen molar-refractivity contribution in [3.8, 4) is 40.5 Å². The van der Waals surface area contributed by atoms with Crippen LogP contribution in [0, 0.1) is 17.1 Å². The van der Waals surface area contributed by atoms with Gasteiger partial charge >= 0.3 is 5.69 Å². The molecule has 0 saturated carbocycles. The van der Waals surface area contributed by atoms with Gasteiger partial charge in [0.2, 0.25) is 5.75 Å². The molecular formula is C33H25ClFN5O7. The van der Waals surface area contributed by atoms with Crippen molar-refractivity contribution in [1.82, 2.24) is 14.1 Å². The third-order valence-corrected chi connectivity index (χ3v) is 7.44. The first kappa shape index (κ1) is 31.1. The topological polar surface area (TPSA) is 147 Å². The first-order valence-corrected chi connectivity index (χ1v) is 14.7. The van der Waals surface area contributed by atoms with Gasteiger partial charge in [0.25, 0.3) is 11.5 Å². The second-order valence-electron chi connectivity index (χ2n) is 10.3. The van der Waals surface area contributed by atoms with Crippen LogP contribution in [0.4, 0.5) is 10.1 Å². The van der Waals surface area contributed by atoms with Gasteiger partial charge < -0.3 is 28.8 Å². The zero-order valence-corrected chi connectivity index (χ0v) is 25.5. The lowest BCUT2D eigenvalue weighted by atomic mass is 10.1. The number of ether oxygens (including phenoxy) is 4. The minimum Gasteiger partial charge on any atom is -0.489 e. The lowest BCUT2D eigenvalue weighted by Crippen LogP contribution is -2.41. The van der Waals surface area contributed by atoms with E-state index in [4.69, 9.17) is 35.8 Å². The summed E-state index contributed by atoms with van der Waals surface area (Å²) in [6.45, 7) is 0.948. The summed E-state index contributed by atoms with van der Waals surface area (Å²) in [5.74, 6) is 0.622. The lowest BCUT2D eigenvalue weighted by molar-refractivity contribution is 0.102. The van der Waals surface area contributed by atoms with Crippen LogP contribution in [-0.4, -0.2) is 39.8 Å². The van der Waals surface area contributed by atoms with Gasteiger partial charge in [0.05, 0.1) is 40.0 Å². The summed E-state index contributed by atoms with van der Waals surface area (Å²) in [6.07, 6.45) is 3.60. The van der Waals surface area contributed by atoms with Crippen LogP contribution in [-0.2, 0) is 7.05 Å². The number of halogens is 2. The van der Waals surface area contributed by atoms with Crippen LogP contribution in [0.1, 0.15) is 23.2 Å². The number of benzene rings is 3. The number of nitrogens with zero attached hydrogens (tertiary/aromatic N) is 4. The van der Waals surface area contributed by atoms with Gasteiger partial charge in [0.15, 0.2) is 11.5 Å². The van der Waals surface area contributed by atoms with Crippen LogP contribution in [0.25, 0.3) is 16.6 Å². The highest BCUT2D eigenvalue weighted by molar-refractivity contribution is 6.34. The predicted octanol–water partition coefficient (Wildman–Crippen LogP) is 5.38. The van der Waals surface area contributed by atoms with Crippen molar-refractivity contribution in [3.05, 3.63) is 104 Å². The molecule has 5 aromatic rings. The number of amides is 1. The van der Waals surface area contributed by atoms with Gasteiger partial charge in [0, 0.05) is 38.0 Å². The zero-order chi connectivity index (χ0) is 33.1. The maximum absolute atomic E-state index is 13.4. The normalized spacial score (nSPS) is 12.0. The molecule has 1 amide bonds. The molecule has 1 N–H and O–H groups in total. The minimum absolute atomic E-state index is 0.104. The molecule has 0 fully saturated rings. The Hall–Kier alpha value is -5.87. The molecule has 0 unspecified atom stereocenters. The summed E-state index contributed by atoms with van der Waals surface area (Å²) in [6, 6.07) is 14.8. The van der Waals surface area contributed by atoms with Gasteiger partial charge in [-0.1, -0.05) is 11.6 Å². The molecule has 3 heterocycles. The van der Waals surface area contributed by atoms with Gasteiger partial charge in [-0.2, -0.15) is 5.26 Å². The van der Waals surface area contributed by atoms with Gasteiger partial charge in [0.1, 0.15) is 36.1 Å². The molecule has 14 heteroatoms. The molecular weight excluding hydrogens is 633 g/mol. The van der Waals surface area contributed by atoms with Crippen LogP contribution < -0.4 is 35.5 Å². The molecule has 0 atom stereocenters. The molecule has 47 heavy (non-hydrogen) atoms. The van der Waals surface area contributed by atoms with Crippen molar-refractivity contribution in [2.24, 2.45) is 7.05 Å². The quantitative estimate of drug-likeness (QED) is 0.207. The molecule has 0 aliphatic carbocycles. The minimum atomic E-state index is -0.886. The Kier molecular flexibility index (Phi) is 8.77. The van der Waals surface area contributed by atoms with E-state index in [0.29, 0.717) is 72.3 Å². The highest BCUT2D eigenvalue weighted by Crippen LogP contribution is 2.48.